The molecule has 0 aliphatic rings. The van der Waals surface area contributed by atoms with Gasteiger partial charge in [0.25, 0.3) is 0 Å². The molecule has 0 radical (unpaired) electrons. The van der Waals surface area contributed by atoms with Gasteiger partial charge in [0, 0.05) is 0 Å². The first-order chi connectivity index (χ1) is 5.63. The number of carbonyl (C=O) groups is 2. The lowest BCUT2D eigenvalue weighted by Crippen LogP contribution is -2.07. The molecule has 64 valence electrons. The standard InChI is InChI=1S/C6H4BrNO3S/c7-5-1-3(8-6(10)11)4(2-9)12-5/h1-2,8H,(H,10,11). The SMILES string of the molecule is O=Cc1sc(Br)cc1NC(=O)O. The van der Waals surface area contributed by atoms with Crippen molar-refractivity contribution in [3.8, 4) is 0 Å². The third-order valence-corrected chi connectivity index (χ3v) is 2.64. The number of carboxylic acid groups (broad SMARTS) is 1. The molecule has 0 aromatic carbocycles. The van der Waals surface area contributed by atoms with Gasteiger partial charge in [0.1, 0.15) is 0 Å². The molecular formula is C6H4BrNO3S. The number of carbonyl (C=O) groups excluding carboxylic acids is 1. The van der Waals surface area contributed by atoms with Gasteiger partial charge >= 0.3 is 6.09 Å². The van der Waals surface area contributed by atoms with Gasteiger partial charge in [-0.2, -0.15) is 0 Å². The van der Waals surface area contributed by atoms with Crippen molar-refractivity contribution >= 4 is 45.3 Å². The third-order valence-electron chi connectivity index (χ3n) is 1.08. The zero-order chi connectivity index (χ0) is 9.14. The highest BCUT2D eigenvalue weighted by molar-refractivity contribution is 9.11. The minimum absolute atomic E-state index is 0.314. The summed E-state index contributed by atoms with van der Waals surface area (Å²) in [6.45, 7) is 0. The van der Waals surface area contributed by atoms with Crippen LogP contribution in [0.15, 0.2) is 9.85 Å². The van der Waals surface area contributed by atoms with Crippen molar-refractivity contribution in [2.24, 2.45) is 0 Å². The predicted octanol–water partition coefficient (Wildman–Crippen LogP) is 2.41. The van der Waals surface area contributed by atoms with E-state index in [1.54, 1.807) is 6.07 Å². The second-order valence-corrected chi connectivity index (χ2v) is 4.34. The maximum atomic E-state index is 10.4. The Morgan fingerprint density at radius 2 is 2.42 bits per heavy atom. The predicted molar refractivity (Wildman–Crippen MR) is 49.1 cm³/mol. The maximum absolute atomic E-state index is 10.4. The number of rotatable bonds is 2. The van der Waals surface area contributed by atoms with E-state index >= 15 is 0 Å². The summed E-state index contributed by atoms with van der Waals surface area (Å²) in [6, 6.07) is 1.54. The van der Waals surface area contributed by atoms with Gasteiger partial charge in [-0.25, -0.2) is 4.79 Å². The van der Waals surface area contributed by atoms with Crippen LogP contribution >= 0.6 is 27.3 Å². The summed E-state index contributed by atoms with van der Waals surface area (Å²) in [5.74, 6) is 0. The summed E-state index contributed by atoms with van der Waals surface area (Å²) in [4.78, 5) is 21.0. The summed E-state index contributed by atoms with van der Waals surface area (Å²) in [7, 11) is 0. The van der Waals surface area contributed by atoms with Crippen LogP contribution in [0.4, 0.5) is 10.5 Å². The molecule has 0 atom stereocenters. The van der Waals surface area contributed by atoms with Crippen LogP contribution in [-0.2, 0) is 0 Å². The molecule has 1 aromatic heterocycles. The van der Waals surface area contributed by atoms with Crippen molar-refractivity contribution in [3.63, 3.8) is 0 Å². The number of hydrogen-bond donors (Lipinski definition) is 2. The lowest BCUT2D eigenvalue weighted by molar-refractivity contribution is 0.112. The Balaban J connectivity index is 2.96. The van der Waals surface area contributed by atoms with Gasteiger partial charge in [-0.05, 0) is 22.0 Å². The molecule has 1 heterocycles. The Bertz CT molecular complexity index is 323. The Morgan fingerprint density at radius 1 is 1.75 bits per heavy atom. The number of hydrogen-bond acceptors (Lipinski definition) is 3. The minimum Gasteiger partial charge on any atom is -0.465 e. The molecule has 12 heavy (non-hydrogen) atoms. The summed E-state index contributed by atoms with van der Waals surface area (Å²) in [5, 5.41) is 10.5. The molecule has 0 aliphatic heterocycles. The van der Waals surface area contributed by atoms with Gasteiger partial charge in [0.05, 0.1) is 14.4 Å². The van der Waals surface area contributed by atoms with E-state index in [0.29, 0.717) is 20.6 Å². The molecule has 0 saturated carbocycles. The van der Waals surface area contributed by atoms with Crippen molar-refractivity contribution in [1.82, 2.24) is 0 Å². The van der Waals surface area contributed by atoms with Gasteiger partial charge in [0.2, 0.25) is 0 Å². The Labute approximate surface area is 80.3 Å². The van der Waals surface area contributed by atoms with Crippen molar-refractivity contribution in [2.75, 3.05) is 5.32 Å². The van der Waals surface area contributed by atoms with Crippen LogP contribution in [0.2, 0.25) is 0 Å². The Kier molecular flexibility index (Phi) is 2.83. The smallest absolute Gasteiger partial charge is 0.409 e. The molecule has 0 unspecified atom stereocenters. The first-order valence-corrected chi connectivity index (χ1v) is 4.49. The van der Waals surface area contributed by atoms with E-state index in [4.69, 9.17) is 5.11 Å². The molecule has 4 nitrogen and oxygen atoms in total. The number of amides is 1. The minimum atomic E-state index is -1.18. The van der Waals surface area contributed by atoms with E-state index < -0.39 is 6.09 Å². The fourth-order valence-electron chi connectivity index (χ4n) is 0.675. The second kappa shape index (κ2) is 3.68. The highest BCUT2D eigenvalue weighted by atomic mass is 79.9. The molecule has 0 bridgehead atoms. The van der Waals surface area contributed by atoms with Crippen LogP contribution in [-0.4, -0.2) is 17.5 Å². The number of thiophene rings is 1. The van der Waals surface area contributed by atoms with Crippen LogP contribution in [0.25, 0.3) is 0 Å². The van der Waals surface area contributed by atoms with Crippen molar-refractivity contribution in [3.05, 3.63) is 14.7 Å². The number of aldehydes is 1. The van der Waals surface area contributed by atoms with Gasteiger partial charge < -0.3 is 5.11 Å². The molecule has 0 spiro atoms. The summed E-state index contributed by atoms with van der Waals surface area (Å²) < 4.78 is 0.716. The quantitative estimate of drug-likeness (QED) is 0.792. The largest absolute Gasteiger partial charge is 0.465 e. The molecular weight excluding hydrogens is 246 g/mol. The molecule has 2 N–H and O–H groups in total. The number of halogens is 1. The highest BCUT2D eigenvalue weighted by Gasteiger charge is 2.08. The second-order valence-electron chi connectivity index (χ2n) is 1.88. The lowest BCUT2D eigenvalue weighted by Gasteiger charge is -1.95. The van der Waals surface area contributed by atoms with E-state index in [9.17, 15) is 9.59 Å². The fraction of sp³-hybridized carbons (Fsp3) is 0. The van der Waals surface area contributed by atoms with Crippen LogP contribution in [0.1, 0.15) is 9.67 Å². The first-order valence-electron chi connectivity index (χ1n) is 2.88. The summed E-state index contributed by atoms with van der Waals surface area (Å²) in [5.41, 5.74) is 0.314. The fourth-order valence-corrected chi connectivity index (χ4v) is 2.08. The molecule has 0 fully saturated rings. The van der Waals surface area contributed by atoms with Gasteiger partial charge in [-0.3, -0.25) is 10.1 Å². The van der Waals surface area contributed by atoms with E-state index in [2.05, 4.69) is 21.2 Å². The molecule has 1 amide bonds. The average molecular weight is 250 g/mol. The van der Waals surface area contributed by atoms with E-state index in [0.717, 1.165) is 0 Å². The molecule has 1 aromatic rings. The highest BCUT2D eigenvalue weighted by Crippen LogP contribution is 2.29. The van der Waals surface area contributed by atoms with Gasteiger partial charge in [0.15, 0.2) is 6.29 Å². The number of anilines is 1. The lowest BCUT2D eigenvalue weighted by atomic mass is 10.4. The zero-order valence-electron chi connectivity index (χ0n) is 5.70. The zero-order valence-corrected chi connectivity index (χ0v) is 8.11. The van der Waals surface area contributed by atoms with E-state index in [-0.39, 0.29) is 0 Å². The normalized spacial score (nSPS) is 9.42. The average Bonchev–Trinajstić information content (AvgIpc) is 2.29. The Morgan fingerprint density at radius 3 is 2.92 bits per heavy atom. The molecule has 6 heteroatoms. The van der Waals surface area contributed by atoms with E-state index in [1.807, 2.05) is 0 Å². The van der Waals surface area contributed by atoms with Crippen LogP contribution in [0.3, 0.4) is 0 Å². The first kappa shape index (κ1) is 9.21. The van der Waals surface area contributed by atoms with Gasteiger partial charge in [-0.1, -0.05) is 0 Å². The molecule has 1 rings (SSSR count). The van der Waals surface area contributed by atoms with Crippen LogP contribution in [0.5, 0.6) is 0 Å². The Hall–Kier alpha value is -0.880. The third kappa shape index (κ3) is 2.05. The topological polar surface area (TPSA) is 66.4 Å². The van der Waals surface area contributed by atoms with Crippen LogP contribution in [0, 0.1) is 0 Å². The molecule has 0 aliphatic carbocycles. The van der Waals surface area contributed by atoms with Gasteiger partial charge in [-0.15, -0.1) is 11.3 Å². The van der Waals surface area contributed by atoms with Crippen LogP contribution < -0.4 is 5.32 Å². The van der Waals surface area contributed by atoms with Crippen molar-refractivity contribution < 1.29 is 14.7 Å². The van der Waals surface area contributed by atoms with E-state index in [1.165, 1.54) is 11.3 Å². The monoisotopic (exact) mass is 249 g/mol. The number of nitrogens with one attached hydrogen (secondary N) is 1. The van der Waals surface area contributed by atoms with Crippen molar-refractivity contribution in [1.29, 1.82) is 0 Å². The van der Waals surface area contributed by atoms with Crippen molar-refractivity contribution in [2.45, 2.75) is 0 Å². The summed E-state index contributed by atoms with van der Waals surface area (Å²) in [6.07, 6.45) is -0.566. The summed E-state index contributed by atoms with van der Waals surface area (Å²) >= 11 is 4.32. The molecule has 0 saturated heterocycles. The maximum Gasteiger partial charge on any atom is 0.409 e.